The van der Waals surface area contributed by atoms with E-state index < -0.39 is 0 Å². The first-order valence-corrected chi connectivity index (χ1v) is 9.16. The lowest BCUT2D eigenvalue weighted by Crippen LogP contribution is -2.50. The summed E-state index contributed by atoms with van der Waals surface area (Å²) in [6, 6.07) is 6.33. The molecule has 1 fully saturated rings. The monoisotopic (exact) mass is 349 g/mol. The molecule has 1 aliphatic rings. The van der Waals surface area contributed by atoms with Gasteiger partial charge in [0.2, 0.25) is 5.91 Å². The number of benzene rings is 1. The van der Waals surface area contributed by atoms with Gasteiger partial charge in [-0.25, -0.2) is 4.39 Å². The summed E-state index contributed by atoms with van der Waals surface area (Å²) < 4.78 is 13.0. The van der Waals surface area contributed by atoms with Crippen LogP contribution in [0.5, 0.6) is 0 Å². The second kappa shape index (κ2) is 8.77. The number of rotatable bonds is 6. The van der Waals surface area contributed by atoms with Gasteiger partial charge in [0.1, 0.15) is 5.82 Å². The Morgan fingerprint density at radius 3 is 2.20 bits per heavy atom. The van der Waals surface area contributed by atoms with E-state index in [1.165, 1.54) is 18.6 Å². The zero-order valence-electron chi connectivity index (χ0n) is 16.1. The highest BCUT2D eigenvalue weighted by Gasteiger charge is 2.21. The van der Waals surface area contributed by atoms with Gasteiger partial charge in [0.15, 0.2) is 0 Å². The first-order chi connectivity index (χ1) is 11.7. The molecule has 0 saturated carbocycles. The van der Waals surface area contributed by atoms with Crippen LogP contribution in [-0.4, -0.2) is 66.9 Å². The summed E-state index contributed by atoms with van der Waals surface area (Å²) in [5.41, 5.74) is 1.32. The maximum absolute atomic E-state index is 13.0. The number of hydrogen-bond acceptors (Lipinski definition) is 3. The molecule has 1 aromatic rings. The quantitative estimate of drug-likeness (QED) is 0.790. The van der Waals surface area contributed by atoms with Crippen molar-refractivity contribution in [2.24, 2.45) is 5.41 Å². The standard InChI is InChI=1S/C20H32FN3O/c1-20(2,3)9-10-23-11-13-24(14-12-23)16-19(25)22(4)15-17-5-7-18(21)8-6-17/h5-8H,9-16H2,1-4H3. The number of amides is 1. The van der Waals surface area contributed by atoms with Crippen molar-refractivity contribution in [3.63, 3.8) is 0 Å². The van der Waals surface area contributed by atoms with Crippen molar-refractivity contribution in [2.75, 3.05) is 46.3 Å². The average molecular weight is 349 g/mol. The van der Waals surface area contributed by atoms with Crippen molar-refractivity contribution in [3.8, 4) is 0 Å². The third kappa shape index (κ3) is 7.12. The predicted octanol–water partition coefficient (Wildman–Crippen LogP) is 2.84. The Bertz CT molecular complexity index is 545. The Morgan fingerprint density at radius 2 is 1.64 bits per heavy atom. The summed E-state index contributed by atoms with van der Waals surface area (Å²) >= 11 is 0. The molecule has 140 valence electrons. The highest BCUT2D eigenvalue weighted by molar-refractivity contribution is 5.78. The average Bonchev–Trinajstić information content (AvgIpc) is 2.55. The molecule has 1 heterocycles. The Labute approximate surface area is 151 Å². The third-order valence-corrected chi connectivity index (χ3v) is 4.76. The van der Waals surface area contributed by atoms with Gasteiger partial charge >= 0.3 is 0 Å². The fourth-order valence-corrected chi connectivity index (χ4v) is 2.93. The summed E-state index contributed by atoms with van der Waals surface area (Å²) in [5, 5.41) is 0. The molecular formula is C20H32FN3O. The van der Waals surface area contributed by atoms with Gasteiger partial charge in [-0.3, -0.25) is 9.69 Å². The molecule has 4 nitrogen and oxygen atoms in total. The fraction of sp³-hybridized carbons (Fsp3) is 0.650. The van der Waals surface area contributed by atoms with Crippen molar-refractivity contribution in [1.82, 2.24) is 14.7 Å². The van der Waals surface area contributed by atoms with Gasteiger partial charge in [-0.1, -0.05) is 32.9 Å². The van der Waals surface area contributed by atoms with Gasteiger partial charge in [-0.2, -0.15) is 0 Å². The summed E-state index contributed by atoms with van der Waals surface area (Å²) in [6.45, 7) is 12.9. The van der Waals surface area contributed by atoms with Crippen molar-refractivity contribution in [2.45, 2.75) is 33.7 Å². The van der Waals surface area contributed by atoms with Crippen molar-refractivity contribution in [3.05, 3.63) is 35.6 Å². The Balaban J connectivity index is 1.71. The molecule has 5 heteroatoms. The number of carbonyl (C=O) groups excluding carboxylic acids is 1. The van der Waals surface area contributed by atoms with Crippen molar-refractivity contribution >= 4 is 5.91 Å². The smallest absolute Gasteiger partial charge is 0.236 e. The lowest BCUT2D eigenvalue weighted by Gasteiger charge is -2.36. The van der Waals surface area contributed by atoms with Crippen LogP contribution in [0.15, 0.2) is 24.3 Å². The van der Waals surface area contributed by atoms with Crippen LogP contribution in [0, 0.1) is 11.2 Å². The molecule has 0 aromatic heterocycles. The second-order valence-corrected chi connectivity index (χ2v) is 8.30. The van der Waals surface area contributed by atoms with E-state index >= 15 is 0 Å². The van der Waals surface area contributed by atoms with Crippen molar-refractivity contribution in [1.29, 1.82) is 0 Å². The van der Waals surface area contributed by atoms with E-state index in [0.29, 0.717) is 18.5 Å². The van der Waals surface area contributed by atoms with Crippen LogP contribution in [0.3, 0.4) is 0 Å². The van der Waals surface area contributed by atoms with E-state index in [4.69, 9.17) is 0 Å². The molecule has 0 aliphatic carbocycles. The molecule has 0 unspecified atom stereocenters. The zero-order chi connectivity index (χ0) is 18.4. The molecule has 0 bridgehead atoms. The van der Waals surface area contributed by atoms with Gasteiger partial charge in [-0.15, -0.1) is 0 Å². The molecule has 1 saturated heterocycles. The maximum atomic E-state index is 13.0. The largest absolute Gasteiger partial charge is 0.340 e. The predicted molar refractivity (Wildman–Crippen MR) is 99.8 cm³/mol. The highest BCUT2D eigenvalue weighted by Crippen LogP contribution is 2.19. The first kappa shape index (κ1) is 19.9. The first-order valence-electron chi connectivity index (χ1n) is 9.16. The van der Waals surface area contributed by atoms with Gasteiger partial charge in [-0.05, 0) is 36.1 Å². The maximum Gasteiger partial charge on any atom is 0.236 e. The summed E-state index contributed by atoms with van der Waals surface area (Å²) in [4.78, 5) is 18.9. The molecule has 1 aliphatic heterocycles. The van der Waals surface area contributed by atoms with Crippen LogP contribution in [0.1, 0.15) is 32.8 Å². The Hall–Kier alpha value is -1.46. The molecular weight excluding hydrogens is 317 g/mol. The molecule has 0 atom stereocenters. The Morgan fingerprint density at radius 1 is 1.08 bits per heavy atom. The number of piperazine rings is 1. The van der Waals surface area contributed by atoms with E-state index in [1.54, 1.807) is 17.0 Å². The molecule has 0 spiro atoms. The molecule has 0 radical (unpaired) electrons. The van der Waals surface area contributed by atoms with Gasteiger partial charge < -0.3 is 9.80 Å². The third-order valence-electron chi connectivity index (χ3n) is 4.76. The topological polar surface area (TPSA) is 26.8 Å². The number of nitrogens with zero attached hydrogens (tertiary/aromatic N) is 3. The van der Waals surface area contributed by atoms with Crippen LogP contribution in [0.4, 0.5) is 4.39 Å². The number of carbonyl (C=O) groups is 1. The van der Waals surface area contributed by atoms with E-state index in [-0.39, 0.29) is 11.7 Å². The second-order valence-electron chi connectivity index (χ2n) is 8.30. The minimum absolute atomic E-state index is 0.118. The SMILES string of the molecule is CN(Cc1ccc(F)cc1)C(=O)CN1CCN(CCC(C)(C)C)CC1. The van der Waals surface area contributed by atoms with E-state index in [2.05, 4.69) is 30.6 Å². The van der Waals surface area contributed by atoms with E-state index in [9.17, 15) is 9.18 Å². The van der Waals surface area contributed by atoms with Crippen LogP contribution >= 0.6 is 0 Å². The minimum Gasteiger partial charge on any atom is -0.340 e. The van der Waals surface area contributed by atoms with Crippen LogP contribution in [0.2, 0.25) is 0 Å². The summed E-state index contributed by atoms with van der Waals surface area (Å²) in [7, 11) is 1.81. The minimum atomic E-state index is -0.248. The van der Waals surface area contributed by atoms with Crippen molar-refractivity contribution < 1.29 is 9.18 Å². The summed E-state index contributed by atoms with van der Waals surface area (Å²) in [6.07, 6.45) is 1.20. The van der Waals surface area contributed by atoms with Gasteiger partial charge in [0.25, 0.3) is 0 Å². The van der Waals surface area contributed by atoms with Crippen LogP contribution in [-0.2, 0) is 11.3 Å². The molecule has 1 aromatic carbocycles. The fourth-order valence-electron chi connectivity index (χ4n) is 2.93. The van der Waals surface area contributed by atoms with Crippen LogP contribution < -0.4 is 0 Å². The lowest BCUT2D eigenvalue weighted by atomic mass is 9.92. The van der Waals surface area contributed by atoms with Crippen LogP contribution in [0.25, 0.3) is 0 Å². The molecule has 25 heavy (non-hydrogen) atoms. The summed E-state index contributed by atoms with van der Waals surface area (Å²) in [5.74, 6) is -0.130. The van der Waals surface area contributed by atoms with E-state index in [1.807, 2.05) is 7.05 Å². The van der Waals surface area contributed by atoms with Gasteiger partial charge in [0.05, 0.1) is 6.54 Å². The number of halogens is 1. The normalized spacial score (nSPS) is 16.8. The molecule has 1 amide bonds. The molecule has 2 rings (SSSR count). The van der Waals surface area contributed by atoms with E-state index in [0.717, 1.165) is 38.3 Å². The number of hydrogen-bond donors (Lipinski definition) is 0. The Kier molecular flexibility index (Phi) is 6.96. The molecule has 0 N–H and O–H groups in total. The zero-order valence-corrected chi connectivity index (χ0v) is 16.1. The lowest BCUT2D eigenvalue weighted by molar-refractivity contribution is -0.132. The van der Waals surface area contributed by atoms with Gasteiger partial charge in [0, 0.05) is 39.8 Å². The highest BCUT2D eigenvalue weighted by atomic mass is 19.1. The number of likely N-dealkylation sites (N-methyl/N-ethyl adjacent to an activating group) is 1.